The highest BCUT2D eigenvalue weighted by Crippen LogP contribution is 2.33. The van der Waals surface area contributed by atoms with Crippen molar-refractivity contribution in [2.24, 2.45) is 0 Å². The summed E-state index contributed by atoms with van der Waals surface area (Å²) in [5.41, 5.74) is 1.14. The minimum atomic E-state index is 0.0157. The molecule has 0 aromatic heterocycles. The highest BCUT2D eigenvalue weighted by atomic mass is 32.2. The average molecular weight is 372 g/mol. The van der Waals surface area contributed by atoms with E-state index in [1.165, 1.54) is 4.90 Å². The van der Waals surface area contributed by atoms with Crippen molar-refractivity contribution in [1.29, 1.82) is 0 Å². The molecular weight excluding hydrogens is 348 g/mol. The Balaban J connectivity index is 1.40. The molecule has 0 aliphatic carbocycles. The first-order valence-electron chi connectivity index (χ1n) is 8.85. The Morgan fingerprint density at radius 1 is 1.12 bits per heavy atom. The van der Waals surface area contributed by atoms with Crippen LogP contribution in [-0.4, -0.2) is 44.5 Å². The molecule has 0 bridgehead atoms. The van der Waals surface area contributed by atoms with Gasteiger partial charge in [0.2, 0.25) is 5.91 Å². The van der Waals surface area contributed by atoms with E-state index in [4.69, 9.17) is 9.47 Å². The summed E-state index contributed by atoms with van der Waals surface area (Å²) in [6.07, 6.45) is 0. The largest absolute Gasteiger partial charge is 0.494 e. The Kier molecular flexibility index (Phi) is 6.66. The molecule has 0 spiro atoms. The molecule has 1 heterocycles. The van der Waals surface area contributed by atoms with Gasteiger partial charge < -0.3 is 19.7 Å². The smallest absolute Gasteiger partial charge is 0.239 e. The normalized spacial score (nSPS) is 13.0. The van der Waals surface area contributed by atoms with Crippen LogP contribution in [0.3, 0.4) is 0 Å². The number of fused-ring (bicyclic) bond motifs is 1. The zero-order valence-electron chi connectivity index (χ0n) is 14.9. The Morgan fingerprint density at radius 3 is 2.62 bits per heavy atom. The van der Waals surface area contributed by atoms with E-state index in [-0.39, 0.29) is 5.91 Å². The van der Waals surface area contributed by atoms with Gasteiger partial charge in [-0.25, -0.2) is 0 Å². The number of benzene rings is 2. The molecule has 2 aromatic rings. The molecule has 0 radical (unpaired) electrons. The first-order valence-corrected chi connectivity index (χ1v) is 9.84. The maximum absolute atomic E-state index is 12.2. The van der Waals surface area contributed by atoms with E-state index in [0.717, 1.165) is 29.5 Å². The third kappa shape index (κ3) is 5.08. The predicted octanol–water partition coefficient (Wildman–Crippen LogP) is 3.19. The van der Waals surface area contributed by atoms with Crippen LogP contribution < -0.4 is 19.7 Å². The van der Waals surface area contributed by atoms with Crippen LogP contribution >= 0.6 is 11.8 Å². The third-order valence-corrected chi connectivity index (χ3v) is 5.03. The zero-order valence-corrected chi connectivity index (χ0v) is 15.8. The zero-order chi connectivity index (χ0) is 18.2. The quantitative estimate of drug-likeness (QED) is 0.721. The van der Waals surface area contributed by atoms with Crippen LogP contribution in [0, 0.1) is 0 Å². The fourth-order valence-electron chi connectivity index (χ4n) is 2.78. The van der Waals surface area contributed by atoms with Crippen molar-refractivity contribution in [2.45, 2.75) is 11.8 Å². The van der Waals surface area contributed by atoms with Gasteiger partial charge in [0.25, 0.3) is 0 Å². The number of amides is 1. The van der Waals surface area contributed by atoms with Crippen LogP contribution in [0.1, 0.15) is 6.92 Å². The van der Waals surface area contributed by atoms with E-state index in [1.807, 2.05) is 55.1 Å². The van der Waals surface area contributed by atoms with Gasteiger partial charge in [-0.2, -0.15) is 0 Å². The summed E-state index contributed by atoms with van der Waals surface area (Å²) in [4.78, 5) is 15.6. The predicted molar refractivity (Wildman–Crippen MR) is 105 cm³/mol. The van der Waals surface area contributed by atoms with Gasteiger partial charge in [0, 0.05) is 17.2 Å². The highest BCUT2D eigenvalue weighted by molar-refractivity contribution is 7.99. The number of hydrogen-bond donors (Lipinski definition) is 1. The van der Waals surface area contributed by atoms with Gasteiger partial charge >= 0.3 is 0 Å². The average Bonchev–Trinajstić information content (AvgIpc) is 2.67. The molecule has 0 saturated heterocycles. The Labute approximate surface area is 158 Å². The van der Waals surface area contributed by atoms with Gasteiger partial charge in [0.05, 0.1) is 25.4 Å². The Morgan fingerprint density at radius 2 is 1.85 bits per heavy atom. The molecular formula is C20H24N2O3S. The fourth-order valence-corrected chi connectivity index (χ4v) is 3.83. The van der Waals surface area contributed by atoms with Crippen LogP contribution in [0.15, 0.2) is 53.4 Å². The summed E-state index contributed by atoms with van der Waals surface area (Å²) in [7, 11) is 0. The molecule has 1 N–H and O–H groups in total. The molecule has 1 amide bonds. The molecule has 0 unspecified atom stereocenters. The minimum absolute atomic E-state index is 0.0157. The number of carbonyl (C=O) groups excluding carboxylic acids is 1. The number of anilines is 1. The second-order valence-electron chi connectivity index (χ2n) is 5.84. The van der Waals surface area contributed by atoms with Gasteiger partial charge in [-0.05, 0) is 43.3 Å². The lowest BCUT2D eigenvalue weighted by Gasteiger charge is -2.30. The maximum Gasteiger partial charge on any atom is 0.239 e. The molecule has 5 nitrogen and oxygen atoms in total. The molecule has 0 atom stereocenters. The summed E-state index contributed by atoms with van der Waals surface area (Å²) in [6, 6.07) is 15.7. The number of para-hydroxylation sites is 1. The molecule has 26 heavy (non-hydrogen) atoms. The summed E-state index contributed by atoms with van der Waals surface area (Å²) >= 11 is 1.84. The molecule has 138 valence electrons. The Bertz CT molecular complexity index is 721. The van der Waals surface area contributed by atoms with Crippen molar-refractivity contribution >= 4 is 23.4 Å². The van der Waals surface area contributed by atoms with Crippen molar-refractivity contribution in [1.82, 2.24) is 5.32 Å². The van der Waals surface area contributed by atoms with Gasteiger partial charge in [0.1, 0.15) is 18.1 Å². The number of hydrogen-bond acceptors (Lipinski definition) is 5. The lowest BCUT2D eigenvalue weighted by atomic mass is 10.2. The van der Waals surface area contributed by atoms with E-state index in [0.29, 0.717) is 26.3 Å². The number of ether oxygens (including phenoxy) is 2. The van der Waals surface area contributed by atoms with E-state index < -0.39 is 0 Å². The van der Waals surface area contributed by atoms with Gasteiger partial charge in [0.15, 0.2) is 0 Å². The van der Waals surface area contributed by atoms with Crippen LogP contribution in [0.2, 0.25) is 0 Å². The molecule has 2 aromatic carbocycles. The second kappa shape index (κ2) is 9.38. The van der Waals surface area contributed by atoms with Crippen LogP contribution in [-0.2, 0) is 4.79 Å². The van der Waals surface area contributed by atoms with Crippen LogP contribution in [0.5, 0.6) is 11.5 Å². The molecule has 0 fully saturated rings. The SMILES string of the molecule is CCOc1ccc(OCCNC(=O)CN2CCSc3ccccc32)cc1. The van der Waals surface area contributed by atoms with E-state index in [1.54, 1.807) is 0 Å². The van der Waals surface area contributed by atoms with Crippen molar-refractivity contribution in [3.8, 4) is 11.5 Å². The van der Waals surface area contributed by atoms with E-state index in [2.05, 4.69) is 22.3 Å². The third-order valence-electron chi connectivity index (χ3n) is 3.99. The summed E-state index contributed by atoms with van der Waals surface area (Å²) in [5.74, 6) is 2.62. The van der Waals surface area contributed by atoms with Crippen molar-refractivity contribution in [3.63, 3.8) is 0 Å². The fraction of sp³-hybridized carbons (Fsp3) is 0.350. The number of rotatable bonds is 8. The highest BCUT2D eigenvalue weighted by Gasteiger charge is 2.18. The number of carbonyl (C=O) groups is 1. The van der Waals surface area contributed by atoms with Gasteiger partial charge in [-0.1, -0.05) is 12.1 Å². The van der Waals surface area contributed by atoms with Crippen molar-refractivity contribution in [3.05, 3.63) is 48.5 Å². The van der Waals surface area contributed by atoms with E-state index in [9.17, 15) is 4.79 Å². The summed E-state index contributed by atoms with van der Waals surface area (Å²) in [6.45, 7) is 4.78. The minimum Gasteiger partial charge on any atom is -0.494 e. The van der Waals surface area contributed by atoms with Crippen LogP contribution in [0.4, 0.5) is 5.69 Å². The molecule has 6 heteroatoms. The molecule has 3 rings (SSSR count). The van der Waals surface area contributed by atoms with E-state index >= 15 is 0 Å². The molecule has 0 saturated carbocycles. The summed E-state index contributed by atoms with van der Waals surface area (Å²) < 4.78 is 11.0. The first kappa shape index (κ1) is 18.5. The lowest BCUT2D eigenvalue weighted by Crippen LogP contribution is -2.41. The Hall–Kier alpha value is -2.34. The number of nitrogens with one attached hydrogen (secondary N) is 1. The summed E-state index contributed by atoms with van der Waals surface area (Å²) in [5, 5.41) is 2.93. The molecule has 1 aliphatic rings. The number of thioether (sulfide) groups is 1. The maximum atomic E-state index is 12.2. The topological polar surface area (TPSA) is 50.8 Å². The van der Waals surface area contributed by atoms with Gasteiger partial charge in [-0.3, -0.25) is 4.79 Å². The van der Waals surface area contributed by atoms with Crippen molar-refractivity contribution in [2.75, 3.05) is 43.5 Å². The molecule has 1 aliphatic heterocycles. The lowest BCUT2D eigenvalue weighted by molar-refractivity contribution is -0.119. The second-order valence-corrected chi connectivity index (χ2v) is 6.98. The van der Waals surface area contributed by atoms with Gasteiger partial charge in [-0.15, -0.1) is 11.8 Å². The first-order chi connectivity index (χ1) is 12.8. The standard InChI is InChI=1S/C20H24N2O3S/c1-2-24-16-7-9-17(10-8-16)25-13-11-21-20(23)15-22-12-14-26-19-6-4-3-5-18(19)22/h3-10H,2,11-15H2,1H3,(H,21,23). The monoisotopic (exact) mass is 372 g/mol. The van der Waals surface area contributed by atoms with Crippen LogP contribution in [0.25, 0.3) is 0 Å². The van der Waals surface area contributed by atoms with Crippen molar-refractivity contribution < 1.29 is 14.3 Å². The number of nitrogens with zero attached hydrogens (tertiary/aromatic N) is 1.